The van der Waals surface area contributed by atoms with E-state index >= 15 is 0 Å². The highest BCUT2D eigenvalue weighted by molar-refractivity contribution is 7.89. The second-order valence-electron chi connectivity index (χ2n) is 5.22. The monoisotopic (exact) mass is 411 g/mol. The van der Waals surface area contributed by atoms with Crippen LogP contribution in [0, 0.1) is 0 Å². The lowest BCUT2D eigenvalue weighted by Crippen LogP contribution is -2.35. The van der Waals surface area contributed by atoms with E-state index in [0.717, 1.165) is 18.2 Å². The number of carboxylic acids is 2. The Morgan fingerprint density at radius 3 is 2.22 bits per heavy atom. The summed E-state index contributed by atoms with van der Waals surface area (Å²) in [4.78, 5) is 18.7. The summed E-state index contributed by atoms with van der Waals surface area (Å²) in [5, 5.41) is 15.6. The molecule has 1 unspecified atom stereocenters. The number of alkyl halides is 3. The summed E-state index contributed by atoms with van der Waals surface area (Å²) >= 11 is 0. The second-order valence-corrected chi connectivity index (χ2v) is 6.93. The van der Waals surface area contributed by atoms with E-state index in [9.17, 15) is 31.2 Å². The molecule has 27 heavy (non-hydrogen) atoms. The number of hydrogen-bond donors (Lipinski definition) is 3. The molecule has 0 radical (unpaired) electrons. The Kier molecular flexibility index (Phi) is 7.94. The van der Waals surface area contributed by atoms with Gasteiger partial charge in [-0.3, -0.25) is 0 Å². The lowest BCUT2D eigenvalue weighted by atomic mass is 10.2. The maximum absolute atomic E-state index is 12.5. The lowest BCUT2D eigenvalue weighted by Gasteiger charge is -2.13. The van der Waals surface area contributed by atoms with Crippen molar-refractivity contribution >= 4 is 22.0 Å². The molecule has 150 valence electrons. The van der Waals surface area contributed by atoms with E-state index in [0.29, 0.717) is 31.2 Å². The van der Waals surface area contributed by atoms with E-state index < -0.39 is 38.6 Å². The van der Waals surface area contributed by atoms with Crippen LogP contribution in [-0.4, -0.2) is 49.8 Å². The summed E-state index contributed by atoms with van der Waals surface area (Å²) in [6, 6.07) is 3.27. The zero-order valence-electron chi connectivity index (χ0n) is 13.6. The molecule has 0 aliphatic carbocycles. The van der Waals surface area contributed by atoms with Gasteiger partial charge in [0.15, 0.2) is 0 Å². The number of aliphatic carboxylic acids is 2. The van der Waals surface area contributed by atoms with Crippen molar-refractivity contribution in [1.82, 2.24) is 4.72 Å². The molecule has 1 aromatic carbocycles. The highest BCUT2D eigenvalue weighted by atomic mass is 32.2. The van der Waals surface area contributed by atoms with Gasteiger partial charge in [-0.25, -0.2) is 22.7 Å². The fourth-order valence-electron chi connectivity index (χ4n) is 1.90. The minimum Gasteiger partial charge on any atom is -0.478 e. The normalized spacial score (nSPS) is 17.4. The number of nitrogens with one attached hydrogen (secondary N) is 1. The molecule has 0 bridgehead atoms. The van der Waals surface area contributed by atoms with Gasteiger partial charge in [-0.15, -0.1) is 0 Å². The summed E-state index contributed by atoms with van der Waals surface area (Å²) in [5.74, 6) is -2.51. The van der Waals surface area contributed by atoms with Crippen LogP contribution in [0.5, 0.6) is 0 Å². The molecule has 3 N–H and O–H groups in total. The number of ether oxygens (including phenoxy) is 1. The van der Waals surface area contributed by atoms with E-state index in [1.54, 1.807) is 0 Å². The molecule has 1 heterocycles. The number of carboxylic acid groups (broad SMARTS) is 2. The van der Waals surface area contributed by atoms with Crippen molar-refractivity contribution in [1.29, 1.82) is 0 Å². The molecule has 0 spiro atoms. The number of halogens is 3. The Morgan fingerprint density at radius 2 is 1.78 bits per heavy atom. The van der Waals surface area contributed by atoms with Gasteiger partial charge in [-0.1, -0.05) is 6.07 Å². The summed E-state index contributed by atoms with van der Waals surface area (Å²) < 4.78 is 68.8. The smallest absolute Gasteiger partial charge is 0.416 e. The van der Waals surface area contributed by atoms with Crippen molar-refractivity contribution in [2.75, 3.05) is 13.2 Å². The standard InChI is InChI=1S/C11H12F3NO3S.C4H4O4/c12-11(13,14)8-2-1-3-10(6-8)19(16,17)15-9-4-5-18-7-9;5-3(6)1-2-4(7)8/h1-3,6,9,15H,4-5,7H2;1-2H,(H,5,6)(H,7,8)/b;2-1+. The highest BCUT2D eigenvalue weighted by Gasteiger charge is 2.32. The van der Waals surface area contributed by atoms with Crippen LogP contribution in [0.2, 0.25) is 0 Å². The molecule has 0 aromatic heterocycles. The molecular formula is C15H16F3NO7S. The van der Waals surface area contributed by atoms with E-state index in [1.807, 2.05) is 0 Å². The second kappa shape index (κ2) is 9.48. The van der Waals surface area contributed by atoms with E-state index in [2.05, 4.69) is 4.72 Å². The Balaban J connectivity index is 0.000000387. The van der Waals surface area contributed by atoms with Crippen LogP contribution in [0.25, 0.3) is 0 Å². The van der Waals surface area contributed by atoms with Crippen molar-refractivity contribution in [3.8, 4) is 0 Å². The fourth-order valence-corrected chi connectivity index (χ4v) is 3.20. The molecule has 0 amide bonds. The first-order chi connectivity index (χ1) is 12.4. The van der Waals surface area contributed by atoms with Crippen molar-refractivity contribution in [2.45, 2.75) is 23.5 Å². The van der Waals surface area contributed by atoms with Crippen molar-refractivity contribution in [2.24, 2.45) is 0 Å². The van der Waals surface area contributed by atoms with Crippen LogP contribution in [-0.2, 0) is 30.5 Å². The van der Waals surface area contributed by atoms with Gasteiger partial charge in [-0.05, 0) is 24.6 Å². The van der Waals surface area contributed by atoms with E-state index in [4.69, 9.17) is 14.9 Å². The summed E-state index contributed by atoms with van der Waals surface area (Å²) in [6.07, 6.45) is -2.94. The SMILES string of the molecule is O=C(O)/C=C/C(=O)O.O=S(=O)(NC1CCOC1)c1cccc(C(F)(F)F)c1. The Bertz CT molecular complexity index is 784. The van der Waals surface area contributed by atoms with Crippen LogP contribution in [0.1, 0.15) is 12.0 Å². The zero-order valence-corrected chi connectivity index (χ0v) is 14.5. The van der Waals surface area contributed by atoms with Crippen LogP contribution in [0.15, 0.2) is 41.3 Å². The molecule has 1 aromatic rings. The highest BCUT2D eigenvalue weighted by Crippen LogP contribution is 2.30. The largest absolute Gasteiger partial charge is 0.478 e. The minimum absolute atomic E-state index is 0.234. The third kappa shape index (κ3) is 8.19. The van der Waals surface area contributed by atoms with Crippen LogP contribution < -0.4 is 4.72 Å². The van der Waals surface area contributed by atoms with Crippen LogP contribution >= 0.6 is 0 Å². The first-order valence-electron chi connectivity index (χ1n) is 7.33. The van der Waals surface area contributed by atoms with Gasteiger partial charge in [-0.2, -0.15) is 13.2 Å². The number of rotatable bonds is 5. The number of sulfonamides is 1. The summed E-state index contributed by atoms with van der Waals surface area (Å²) in [7, 11) is -3.96. The zero-order chi connectivity index (χ0) is 20.7. The maximum atomic E-state index is 12.5. The summed E-state index contributed by atoms with van der Waals surface area (Å²) in [5.41, 5.74) is -0.988. The molecule has 1 atom stereocenters. The predicted molar refractivity (Wildman–Crippen MR) is 85.4 cm³/mol. The van der Waals surface area contributed by atoms with Gasteiger partial charge in [0, 0.05) is 24.8 Å². The Morgan fingerprint density at radius 1 is 1.19 bits per heavy atom. The summed E-state index contributed by atoms with van der Waals surface area (Å²) in [6.45, 7) is 0.675. The lowest BCUT2D eigenvalue weighted by molar-refractivity contribution is -0.137. The quantitative estimate of drug-likeness (QED) is 0.626. The number of hydrogen-bond acceptors (Lipinski definition) is 5. The molecule has 1 saturated heterocycles. The molecule has 1 aliphatic heterocycles. The molecule has 0 saturated carbocycles. The molecule has 1 aliphatic rings. The first kappa shape index (κ1) is 22.6. The molecule has 2 rings (SSSR count). The van der Waals surface area contributed by atoms with Crippen LogP contribution in [0.3, 0.4) is 0 Å². The third-order valence-corrected chi connectivity index (χ3v) is 4.61. The van der Waals surface area contributed by atoms with Gasteiger partial charge in [0.05, 0.1) is 17.1 Å². The van der Waals surface area contributed by atoms with Gasteiger partial charge in [0.1, 0.15) is 0 Å². The average molecular weight is 411 g/mol. The average Bonchev–Trinajstić information content (AvgIpc) is 3.05. The van der Waals surface area contributed by atoms with Gasteiger partial charge >= 0.3 is 18.1 Å². The maximum Gasteiger partial charge on any atom is 0.416 e. The molecule has 1 fully saturated rings. The van der Waals surface area contributed by atoms with E-state index in [1.165, 1.54) is 0 Å². The Labute approximate surface area is 152 Å². The molecular weight excluding hydrogens is 395 g/mol. The predicted octanol–water partition coefficient (Wildman–Crippen LogP) is 1.48. The van der Waals surface area contributed by atoms with Crippen LogP contribution in [0.4, 0.5) is 13.2 Å². The topological polar surface area (TPSA) is 130 Å². The molecule has 8 nitrogen and oxygen atoms in total. The minimum atomic E-state index is -4.57. The van der Waals surface area contributed by atoms with Crippen molar-refractivity contribution < 1.29 is 46.1 Å². The number of benzene rings is 1. The molecule has 12 heteroatoms. The van der Waals surface area contributed by atoms with Gasteiger partial charge in [0.2, 0.25) is 10.0 Å². The van der Waals surface area contributed by atoms with Gasteiger partial charge < -0.3 is 14.9 Å². The third-order valence-electron chi connectivity index (χ3n) is 3.09. The fraction of sp³-hybridized carbons (Fsp3) is 0.333. The Hall–Kier alpha value is -2.44. The first-order valence-corrected chi connectivity index (χ1v) is 8.81. The van der Waals surface area contributed by atoms with Crippen molar-refractivity contribution in [3.05, 3.63) is 42.0 Å². The van der Waals surface area contributed by atoms with Gasteiger partial charge in [0.25, 0.3) is 0 Å². The number of carbonyl (C=O) groups is 2. The van der Waals surface area contributed by atoms with Crippen molar-refractivity contribution in [3.63, 3.8) is 0 Å². The van der Waals surface area contributed by atoms with E-state index in [-0.39, 0.29) is 12.6 Å².